The first-order chi connectivity index (χ1) is 11.8. The highest BCUT2D eigenvalue weighted by Crippen LogP contribution is 2.14. The first kappa shape index (κ1) is 16.6. The van der Waals surface area contributed by atoms with Gasteiger partial charge in [0, 0.05) is 31.3 Å². The van der Waals surface area contributed by atoms with Gasteiger partial charge in [-0.1, -0.05) is 11.8 Å². The predicted molar refractivity (Wildman–Crippen MR) is 86.6 cm³/mol. The molecule has 0 radical (unpaired) electrons. The molecule has 0 aromatic carbocycles. The van der Waals surface area contributed by atoms with E-state index in [2.05, 4.69) is 19.9 Å². The summed E-state index contributed by atoms with van der Waals surface area (Å²) < 4.78 is 11.1. The first-order valence-corrected chi connectivity index (χ1v) is 8.49. The Morgan fingerprint density at radius 2 is 1.92 bits per heavy atom. The van der Waals surface area contributed by atoms with Gasteiger partial charge in [0.25, 0.3) is 0 Å². The number of morpholine rings is 1. The molecule has 3 rings (SSSR count). The van der Waals surface area contributed by atoms with Crippen LogP contribution < -0.4 is 4.74 Å². The lowest BCUT2D eigenvalue weighted by Gasteiger charge is -2.32. The Labute approximate surface area is 143 Å². The summed E-state index contributed by atoms with van der Waals surface area (Å²) >= 11 is 1.33. The van der Waals surface area contributed by atoms with E-state index in [0.717, 1.165) is 0 Å². The molecule has 1 aliphatic rings. The molecule has 24 heavy (non-hydrogen) atoms. The van der Waals surface area contributed by atoms with Crippen LogP contribution in [0.1, 0.15) is 0 Å². The highest BCUT2D eigenvalue weighted by atomic mass is 32.2. The molecule has 1 atom stereocenters. The molecule has 0 saturated carbocycles. The van der Waals surface area contributed by atoms with Gasteiger partial charge in [0.2, 0.25) is 5.91 Å². The maximum atomic E-state index is 12.3. The molecule has 8 nitrogen and oxygen atoms in total. The Hall–Kier alpha value is -2.26. The van der Waals surface area contributed by atoms with E-state index in [0.29, 0.717) is 43.2 Å². The van der Waals surface area contributed by atoms with Crippen LogP contribution >= 0.6 is 11.8 Å². The number of amides is 1. The van der Waals surface area contributed by atoms with Crippen molar-refractivity contribution < 1.29 is 14.3 Å². The number of ether oxygens (including phenoxy) is 2. The fourth-order valence-corrected chi connectivity index (χ4v) is 2.86. The Kier molecular flexibility index (Phi) is 5.91. The van der Waals surface area contributed by atoms with Gasteiger partial charge in [-0.15, -0.1) is 0 Å². The molecule has 9 heteroatoms. The van der Waals surface area contributed by atoms with E-state index in [-0.39, 0.29) is 12.0 Å². The van der Waals surface area contributed by atoms with Crippen molar-refractivity contribution in [3.8, 4) is 6.01 Å². The summed E-state index contributed by atoms with van der Waals surface area (Å²) in [6.07, 6.45) is 6.36. The van der Waals surface area contributed by atoms with Crippen LogP contribution in [0, 0.1) is 0 Å². The number of hydrogen-bond acceptors (Lipinski definition) is 8. The number of rotatable bonds is 6. The van der Waals surface area contributed by atoms with E-state index in [4.69, 9.17) is 9.47 Å². The van der Waals surface area contributed by atoms with Crippen molar-refractivity contribution in [2.45, 2.75) is 11.3 Å². The minimum Gasteiger partial charge on any atom is -0.461 e. The lowest BCUT2D eigenvalue weighted by Crippen LogP contribution is -2.48. The molecule has 1 amide bonds. The molecule has 0 spiro atoms. The maximum Gasteiger partial charge on any atom is 0.316 e. The maximum absolute atomic E-state index is 12.3. The molecule has 1 saturated heterocycles. The first-order valence-electron chi connectivity index (χ1n) is 7.50. The quantitative estimate of drug-likeness (QED) is 0.556. The highest BCUT2D eigenvalue weighted by Gasteiger charge is 2.25. The topological polar surface area (TPSA) is 90.3 Å². The van der Waals surface area contributed by atoms with Crippen LogP contribution in [-0.4, -0.2) is 68.9 Å². The SMILES string of the molecule is O=C(CSc1ncccn1)N1CCOC(COc2ncccn2)C1. The molecule has 0 aliphatic carbocycles. The molecular formula is C15H17N5O3S. The molecule has 2 aromatic heterocycles. The molecular weight excluding hydrogens is 330 g/mol. The van der Waals surface area contributed by atoms with E-state index >= 15 is 0 Å². The summed E-state index contributed by atoms with van der Waals surface area (Å²) in [6, 6.07) is 3.77. The summed E-state index contributed by atoms with van der Waals surface area (Å²) in [5, 5.41) is 0.597. The van der Waals surface area contributed by atoms with E-state index < -0.39 is 0 Å². The number of hydrogen-bond donors (Lipinski definition) is 0. The largest absolute Gasteiger partial charge is 0.461 e. The highest BCUT2D eigenvalue weighted by molar-refractivity contribution is 7.99. The summed E-state index contributed by atoms with van der Waals surface area (Å²) in [5.74, 6) is 0.344. The van der Waals surface area contributed by atoms with Crippen LogP contribution in [0.5, 0.6) is 6.01 Å². The fraction of sp³-hybridized carbons (Fsp3) is 0.400. The zero-order chi connectivity index (χ0) is 16.6. The van der Waals surface area contributed by atoms with Gasteiger partial charge in [0.15, 0.2) is 5.16 Å². The Morgan fingerprint density at radius 1 is 1.21 bits per heavy atom. The van der Waals surface area contributed by atoms with Crippen LogP contribution in [0.15, 0.2) is 42.1 Å². The van der Waals surface area contributed by atoms with Crippen molar-refractivity contribution in [1.82, 2.24) is 24.8 Å². The second-order valence-corrected chi connectivity index (χ2v) is 5.94. The monoisotopic (exact) mass is 347 g/mol. The fourth-order valence-electron chi connectivity index (χ4n) is 2.15. The van der Waals surface area contributed by atoms with E-state index in [9.17, 15) is 4.79 Å². The van der Waals surface area contributed by atoms with Crippen LogP contribution in [0.3, 0.4) is 0 Å². The number of aromatic nitrogens is 4. The van der Waals surface area contributed by atoms with Crippen molar-refractivity contribution in [1.29, 1.82) is 0 Å². The normalized spacial score (nSPS) is 17.5. The van der Waals surface area contributed by atoms with Gasteiger partial charge in [0.1, 0.15) is 12.7 Å². The third-order valence-corrected chi connectivity index (χ3v) is 4.16. The zero-order valence-corrected chi connectivity index (χ0v) is 13.8. The lowest BCUT2D eigenvalue weighted by atomic mass is 10.3. The number of carbonyl (C=O) groups is 1. The van der Waals surface area contributed by atoms with E-state index in [1.165, 1.54) is 11.8 Å². The van der Waals surface area contributed by atoms with Crippen LogP contribution in [0.25, 0.3) is 0 Å². The molecule has 2 aromatic rings. The number of thioether (sulfide) groups is 1. The van der Waals surface area contributed by atoms with Gasteiger partial charge in [-0.3, -0.25) is 4.79 Å². The molecule has 126 valence electrons. The summed E-state index contributed by atoms with van der Waals surface area (Å²) in [4.78, 5) is 30.3. The second kappa shape index (κ2) is 8.55. The van der Waals surface area contributed by atoms with Crippen molar-refractivity contribution in [2.24, 2.45) is 0 Å². The van der Waals surface area contributed by atoms with E-state index in [1.54, 1.807) is 41.8 Å². The molecule has 0 N–H and O–H groups in total. The van der Waals surface area contributed by atoms with Gasteiger partial charge in [0.05, 0.1) is 18.9 Å². The number of nitrogens with zero attached hydrogens (tertiary/aromatic N) is 5. The summed E-state index contributed by atoms with van der Waals surface area (Å²) in [7, 11) is 0. The molecule has 1 fully saturated rings. The minimum atomic E-state index is -0.190. The van der Waals surface area contributed by atoms with Crippen molar-refractivity contribution >= 4 is 17.7 Å². The van der Waals surface area contributed by atoms with Crippen molar-refractivity contribution in [3.05, 3.63) is 36.9 Å². The Bertz CT molecular complexity index is 646. The second-order valence-electron chi connectivity index (χ2n) is 4.99. The van der Waals surface area contributed by atoms with Crippen molar-refractivity contribution in [3.63, 3.8) is 0 Å². The summed E-state index contributed by atoms with van der Waals surface area (Å²) in [5.41, 5.74) is 0. The van der Waals surface area contributed by atoms with Crippen LogP contribution in [0.2, 0.25) is 0 Å². The third kappa shape index (κ3) is 4.87. The predicted octanol–water partition coefficient (Wildman–Crippen LogP) is 0.665. The molecule has 1 unspecified atom stereocenters. The Morgan fingerprint density at radius 3 is 2.67 bits per heavy atom. The molecule has 1 aliphatic heterocycles. The zero-order valence-electron chi connectivity index (χ0n) is 12.9. The number of carbonyl (C=O) groups excluding carboxylic acids is 1. The average molecular weight is 347 g/mol. The Balaban J connectivity index is 1.45. The van der Waals surface area contributed by atoms with Crippen LogP contribution in [0.4, 0.5) is 0 Å². The van der Waals surface area contributed by atoms with Crippen molar-refractivity contribution in [2.75, 3.05) is 32.1 Å². The lowest BCUT2D eigenvalue weighted by molar-refractivity contribution is -0.137. The molecule has 3 heterocycles. The van der Waals surface area contributed by atoms with Crippen LogP contribution in [-0.2, 0) is 9.53 Å². The third-order valence-electron chi connectivity index (χ3n) is 3.30. The van der Waals surface area contributed by atoms with Gasteiger partial charge < -0.3 is 14.4 Å². The smallest absolute Gasteiger partial charge is 0.316 e. The van der Waals surface area contributed by atoms with E-state index in [1.807, 2.05) is 0 Å². The average Bonchev–Trinajstić information content (AvgIpc) is 2.66. The summed E-state index contributed by atoms with van der Waals surface area (Å²) in [6.45, 7) is 1.86. The van der Waals surface area contributed by atoms with Gasteiger partial charge >= 0.3 is 6.01 Å². The minimum absolute atomic E-state index is 0.0386. The van der Waals surface area contributed by atoms with Gasteiger partial charge in [-0.2, -0.15) is 0 Å². The van der Waals surface area contributed by atoms with Gasteiger partial charge in [-0.25, -0.2) is 19.9 Å². The molecule has 0 bridgehead atoms. The standard InChI is InChI=1S/C15H17N5O3S/c21-13(11-24-15-18-5-2-6-19-15)20-7-8-22-12(9-20)10-23-14-16-3-1-4-17-14/h1-6,12H,7-11H2. The van der Waals surface area contributed by atoms with Gasteiger partial charge in [-0.05, 0) is 12.1 Å².